The summed E-state index contributed by atoms with van der Waals surface area (Å²) in [7, 11) is 6.42. The second-order valence-electron chi connectivity index (χ2n) is 8.31. The van der Waals surface area contributed by atoms with E-state index in [1.165, 1.54) is 0 Å². The van der Waals surface area contributed by atoms with Gasteiger partial charge in [0.25, 0.3) is 0 Å². The van der Waals surface area contributed by atoms with Crippen molar-refractivity contribution >= 4 is 0 Å². The molecule has 2 aromatic carbocycles. The molecule has 0 amide bonds. The van der Waals surface area contributed by atoms with Crippen molar-refractivity contribution in [3.05, 3.63) is 47.5 Å². The van der Waals surface area contributed by atoms with E-state index in [4.69, 9.17) is 18.9 Å². The minimum atomic E-state index is -0.652. The van der Waals surface area contributed by atoms with Crippen LogP contribution in [0.3, 0.4) is 0 Å². The standard InChI is InChI=1S/C25H36O6/c1-25(2,23(26)13-9-17-7-11-19(28-3)21(15-17)30-5)24(27)14-10-18-8-12-20(29-4)22(16-18)31-6/h7-8,11-12,15-16,23-24,26-27H,9-10,13-14H2,1-6H3. The Kier molecular flexibility index (Phi) is 9.01. The van der Waals surface area contributed by atoms with Gasteiger partial charge in [0.2, 0.25) is 0 Å². The van der Waals surface area contributed by atoms with Crippen LogP contribution in [0.5, 0.6) is 23.0 Å². The number of aliphatic hydroxyl groups excluding tert-OH is 2. The number of aliphatic hydroxyl groups is 2. The van der Waals surface area contributed by atoms with Gasteiger partial charge in [-0.2, -0.15) is 0 Å². The molecule has 2 atom stereocenters. The Hall–Kier alpha value is -2.44. The first kappa shape index (κ1) is 24.8. The minimum Gasteiger partial charge on any atom is -0.493 e. The van der Waals surface area contributed by atoms with Crippen LogP contribution in [-0.2, 0) is 12.8 Å². The average Bonchev–Trinajstić information content (AvgIpc) is 2.80. The van der Waals surface area contributed by atoms with Gasteiger partial charge in [-0.15, -0.1) is 0 Å². The smallest absolute Gasteiger partial charge is 0.160 e. The van der Waals surface area contributed by atoms with Crippen LogP contribution in [0.25, 0.3) is 0 Å². The lowest BCUT2D eigenvalue weighted by Crippen LogP contribution is -2.41. The van der Waals surface area contributed by atoms with Crippen LogP contribution in [-0.4, -0.2) is 50.9 Å². The Labute approximate surface area is 185 Å². The molecule has 6 nitrogen and oxygen atoms in total. The minimum absolute atomic E-state index is 0.538. The zero-order chi connectivity index (χ0) is 23.0. The van der Waals surface area contributed by atoms with Crippen LogP contribution in [0.15, 0.2) is 36.4 Å². The maximum Gasteiger partial charge on any atom is 0.160 e. The summed E-state index contributed by atoms with van der Waals surface area (Å²) < 4.78 is 21.2. The third-order valence-corrected chi connectivity index (χ3v) is 6.03. The maximum atomic E-state index is 10.8. The molecule has 0 radical (unpaired) electrons. The van der Waals surface area contributed by atoms with E-state index in [1.54, 1.807) is 28.4 Å². The number of ether oxygens (including phenoxy) is 4. The van der Waals surface area contributed by atoms with Gasteiger partial charge >= 0.3 is 0 Å². The highest BCUT2D eigenvalue weighted by Crippen LogP contribution is 2.33. The van der Waals surface area contributed by atoms with Gasteiger partial charge in [-0.05, 0) is 61.1 Å². The molecule has 0 spiro atoms. The van der Waals surface area contributed by atoms with Gasteiger partial charge in [-0.25, -0.2) is 0 Å². The van der Waals surface area contributed by atoms with E-state index in [-0.39, 0.29) is 0 Å². The van der Waals surface area contributed by atoms with E-state index in [9.17, 15) is 10.2 Å². The first-order chi connectivity index (χ1) is 14.8. The van der Waals surface area contributed by atoms with E-state index in [1.807, 2.05) is 50.2 Å². The fraction of sp³-hybridized carbons (Fsp3) is 0.520. The molecule has 2 N–H and O–H groups in total. The van der Waals surface area contributed by atoms with E-state index < -0.39 is 17.6 Å². The van der Waals surface area contributed by atoms with Crippen LogP contribution < -0.4 is 18.9 Å². The first-order valence-corrected chi connectivity index (χ1v) is 10.5. The highest BCUT2D eigenvalue weighted by Gasteiger charge is 2.34. The Bertz CT molecular complexity index is 765. The van der Waals surface area contributed by atoms with E-state index in [2.05, 4.69) is 0 Å². The average molecular weight is 433 g/mol. The fourth-order valence-electron chi connectivity index (χ4n) is 3.65. The third kappa shape index (κ3) is 6.28. The second kappa shape index (κ2) is 11.3. The SMILES string of the molecule is COc1ccc(CCC(O)C(C)(C)C(O)CCc2ccc(OC)c(OC)c2)cc1OC. The predicted molar refractivity (Wildman–Crippen MR) is 122 cm³/mol. The Morgan fingerprint density at radius 3 is 1.32 bits per heavy atom. The van der Waals surface area contributed by atoms with E-state index in [0.717, 1.165) is 11.1 Å². The van der Waals surface area contributed by atoms with Crippen molar-refractivity contribution in [3.63, 3.8) is 0 Å². The van der Waals surface area contributed by atoms with Crippen molar-refractivity contribution in [2.75, 3.05) is 28.4 Å². The van der Waals surface area contributed by atoms with Gasteiger partial charge in [-0.3, -0.25) is 0 Å². The lowest BCUT2D eigenvalue weighted by Gasteiger charge is -2.35. The zero-order valence-corrected chi connectivity index (χ0v) is 19.5. The molecule has 0 aliphatic heterocycles. The number of benzene rings is 2. The van der Waals surface area contributed by atoms with Crippen LogP contribution in [0, 0.1) is 5.41 Å². The molecule has 0 fully saturated rings. The molecule has 31 heavy (non-hydrogen) atoms. The van der Waals surface area contributed by atoms with Gasteiger partial charge < -0.3 is 29.2 Å². The molecule has 0 saturated heterocycles. The van der Waals surface area contributed by atoms with E-state index in [0.29, 0.717) is 48.7 Å². The molecule has 172 valence electrons. The van der Waals surface area contributed by atoms with Crippen molar-refractivity contribution in [2.45, 2.75) is 51.7 Å². The normalized spacial score (nSPS) is 13.4. The highest BCUT2D eigenvalue weighted by atomic mass is 16.5. The lowest BCUT2D eigenvalue weighted by molar-refractivity contribution is -0.0534. The van der Waals surface area contributed by atoms with Gasteiger partial charge in [0, 0.05) is 5.41 Å². The quantitative estimate of drug-likeness (QED) is 0.527. The summed E-state index contributed by atoms with van der Waals surface area (Å²) in [5.74, 6) is 2.70. The highest BCUT2D eigenvalue weighted by molar-refractivity contribution is 5.43. The molecule has 0 heterocycles. The fourth-order valence-corrected chi connectivity index (χ4v) is 3.65. The molecule has 2 aromatic rings. The van der Waals surface area contributed by atoms with Crippen LogP contribution >= 0.6 is 0 Å². The third-order valence-electron chi connectivity index (χ3n) is 6.03. The number of rotatable bonds is 12. The molecular weight excluding hydrogens is 396 g/mol. The Balaban J connectivity index is 1.95. The summed E-state index contributed by atoms with van der Waals surface area (Å²) >= 11 is 0. The Morgan fingerprint density at radius 2 is 1.00 bits per heavy atom. The lowest BCUT2D eigenvalue weighted by atomic mass is 9.76. The van der Waals surface area contributed by atoms with Crippen LogP contribution in [0.1, 0.15) is 37.8 Å². The van der Waals surface area contributed by atoms with Gasteiger partial charge in [-0.1, -0.05) is 26.0 Å². The van der Waals surface area contributed by atoms with E-state index >= 15 is 0 Å². The molecule has 0 aliphatic rings. The van der Waals surface area contributed by atoms with Crippen molar-refractivity contribution in [2.24, 2.45) is 5.41 Å². The van der Waals surface area contributed by atoms with Gasteiger partial charge in [0.15, 0.2) is 23.0 Å². The van der Waals surface area contributed by atoms with Crippen LogP contribution in [0.2, 0.25) is 0 Å². The summed E-state index contributed by atoms with van der Waals surface area (Å²) in [5, 5.41) is 21.7. The molecule has 0 bridgehead atoms. The number of aryl methyl sites for hydroxylation is 2. The zero-order valence-electron chi connectivity index (χ0n) is 19.5. The molecule has 6 heteroatoms. The summed E-state index contributed by atoms with van der Waals surface area (Å²) in [6.07, 6.45) is 1.12. The molecular formula is C25H36O6. The Morgan fingerprint density at radius 1 is 0.645 bits per heavy atom. The molecule has 0 saturated carbocycles. The molecule has 2 unspecified atom stereocenters. The monoisotopic (exact) mass is 432 g/mol. The van der Waals surface area contributed by atoms with Crippen molar-refractivity contribution in [3.8, 4) is 23.0 Å². The molecule has 2 rings (SSSR count). The van der Waals surface area contributed by atoms with Crippen molar-refractivity contribution in [1.82, 2.24) is 0 Å². The van der Waals surface area contributed by atoms with Crippen LogP contribution in [0.4, 0.5) is 0 Å². The topological polar surface area (TPSA) is 77.4 Å². The maximum absolute atomic E-state index is 10.8. The number of methoxy groups -OCH3 is 4. The van der Waals surface area contributed by atoms with Crippen molar-refractivity contribution < 1.29 is 29.2 Å². The van der Waals surface area contributed by atoms with Crippen molar-refractivity contribution in [1.29, 1.82) is 0 Å². The summed E-state index contributed by atoms with van der Waals surface area (Å²) in [6, 6.07) is 11.5. The van der Waals surface area contributed by atoms with Gasteiger partial charge in [0.05, 0.1) is 40.6 Å². The summed E-state index contributed by atoms with van der Waals surface area (Å²) in [4.78, 5) is 0. The summed E-state index contributed by atoms with van der Waals surface area (Å²) in [6.45, 7) is 3.82. The molecule has 0 aliphatic carbocycles. The second-order valence-corrected chi connectivity index (χ2v) is 8.31. The van der Waals surface area contributed by atoms with Gasteiger partial charge in [0.1, 0.15) is 0 Å². The number of hydrogen-bond donors (Lipinski definition) is 2. The predicted octanol–water partition coefficient (Wildman–Crippen LogP) is 4.03. The largest absolute Gasteiger partial charge is 0.493 e. The number of hydrogen-bond acceptors (Lipinski definition) is 6. The molecule has 0 aromatic heterocycles. The first-order valence-electron chi connectivity index (χ1n) is 10.5. The summed E-state index contributed by atoms with van der Waals surface area (Å²) in [5.41, 5.74) is 1.45.